The summed E-state index contributed by atoms with van der Waals surface area (Å²) < 4.78 is 7.27. The van der Waals surface area contributed by atoms with Crippen LogP contribution in [-0.2, 0) is 0 Å². The van der Waals surface area contributed by atoms with E-state index in [1.54, 1.807) is 0 Å². The van der Waals surface area contributed by atoms with Crippen molar-refractivity contribution in [1.29, 1.82) is 0 Å². The predicted molar refractivity (Wildman–Crippen MR) is 184 cm³/mol. The number of furan rings is 1. The molecule has 8 rings (SSSR count). The largest absolute Gasteiger partial charge is 0.456 e. The fourth-order valence-corrected chi connectivity index (χ4v) is 5.97. The number of rotatable bonds is 5. The number of hydrogen-bond acceptors (Lipinski definition) is 3. The van der Waals surface area contributed by atoms with E-state index in [-0.39, 0.29) is 0 Å². The standard InChI is InChI=1S/C40H25BrN2O/c41-33-20-17-27(18-21-33)26-13-15-28(16-14-26)30-9-6-10-31(23-30)37-25-36(29-7-2-1-3-8-29)42-40(43-37)32-19-22-35-34-11-4-5-12-38(34)44-39(35)24-32/h1-25H. The topological polar surface area (TPSA) is 38.9 Å². The summed E-state index contributed by atoms with van der Waals surface area (Å²) in [6, 6.07) is 52.4. The predicted octanol–water partition coefficient (Wildman–Crippen LogP) is 11.5. The van der Waals surface area contributed by atoms with E-state index in [1.807, 2.05) is 42.5 Å². The van der Waals surface area contributed by atoms with Crippen molar-refractivity contribution in [1.82, 2.24) is 9.97 Å². The van der Waals surface area contributed by atoms with Gasteiger partial charge in [0.25, 0.3) is 0 Å². The molecule has 0 radical (unpaired) electrons. The Morgan fingerprint density at radius 1 is 0.386 bits per heavy atom. The Kier molecular flexibility index (Phi) is 6.62. The molecular formula is C40H25BrN2O. The third-order valence-corrected chi connectivity index (χ3v) is 8.52. The van der Waals surface area contributed by atoms with Gasteiger partial charge in [-0.15, -0.1) is 0 Å². The number of para-hydroxylation sites is 1. The van der Waals surface area contributed by atoms with Crippen LogP contribution in [0.1, 0.15) is 0 Å². The van der Waals surface area contributed by atoms with Crippen LogP contribution in [0.2, 0.25) is 0 Å². The second kappa shape index (κ2) is 11.1. The summed E-state index contributed by atoms with van der Waals surface area (Å²) in [5.74, 6) is 0.660. The van der Waals surface area contributed by atoms with Gasteiger partial charge in [-0.05, 0) is 64.7 Å². The van der Waals surface area contributed by atoms with Crippen molar-refractivity contribution in [3.63, 3.8) is 0 Å². The minimum Gasteiger partial charge on any atom is -0.456 e. The molecule has 3 nitrogen and oxygen atoms in total. The van der Waals surface area contributed by atoms with Crippen molar-refractivity contribution < 1.29 is 4.42 Å². The molecule has 0 spiro atoms. The molecule has 0 unspecified atom stereocenters. The molecule has 2 heterocycles. The third kappa shape index (κ3) is 5.00. The van der Waals surface area contributed by atoms with Gasteiger partial charge in [-0.3, -0.25) is 0 Å². The first kappa shape index (κ1) is 26.3. The van der Waals surface area contributed by atoms with E-state index in [9.17, 15) is 0 Å². The molecule has 208 valence electrons. The Hall–Kier alpha value is -5.32. The molecule has 0 bridgehead atoms. The van der Waals surface area contributed by atoms with E-state index in [4.69, 9.17) is 14.4 Å². The molecule has 6 aromatic carbocycles. The highest BCUT2D eigenvalue weighted by Gasteiger charge is 2.14. The number of benzene rings is 6. The number of nitrogens with zero attached hydrogens (tertiary/aromatic N) is 2. The van der Waals surface area contributed by atoms with Gasteiger partial charge in [0.15, 0.2) is 5.82 Å². The average molecular weight is 630 g/mol. The van der Waals surface area contributed by atoms with Gasteiger partial charge in [0.05, 0.1) is 11.4 Å². The van der Waals surface area contributed by atoms with Gasteiger partial charge >= 0.3 is 0 Å². The fourth-order valence-electron chi connectivity index (χ4n) is 5.70. The third-order valence-electron chi connectivity index (χ3n) is 7.99. The Morgan fingerprint density at radius 2 is 0.955 bits per heavy atom. The Morgan fingerprint density at radius 3 is 1.73 bits per heavy atom. The Balaban J connectivity index is 1.21. The number of aromatic nitrogens is 2. The van der Waals surface area contributed by atoms with E-state index >= 15 is 0 Å². The Bertz CT molecular complexity index is 2270. The zero-order chi connectivity index (χ0) is 29.5. The maximum Gasteiger partial charge on any atom is 0.160 e. The first-order valence-corrected chi connectivity index (χ1v) is 15.3. The second-order valence-corrected chi connectivity index (χ2v) is 11.7. The van der Waals surface area contributed by atoms with Crippen molar-refractivity contribution in [3.8, 4) is 56.2 Å². The van der Waals surface area contributed by atoms with E-state index in [0.29, 0.717) is 5.82 Å². The van der Waals surface area contributed by atoms with E-state index in [1.165, 1.54) is 11.1 Å². The van der Waals surface area contributed by atoms with Gasteiger partial charge in [-0.1, -0.05) is 125 Å². The lowest BCUT2D eigenvalue weighted by molar-refractivity contribution is 0.669. The molecule has 44 heavy (non-hydrogen) atoms. The lowest BCUT2D eigenvalue weighted by Crippen LogP contribution is -1.96. The van der Waals surface area contributed by atoms with Crippen molar-refractivity contribution in [2.75, 3.05) is 0 Å². The summed E-state index contributed by atoms with van der Waals surface area (Å²) in [5, 5.41) is 2.19. The zero-order valence-corrected chi connectivity index (χ0v) is 25.2. The van der Waals surface area contributed by atoms with Crippen molar-refractivity contribution in [2.45, 2.75) is 0 Å². The summed E-state index contributed by atoms with van der Waals surface area (Å²) in [6.07, 6.45) is 0. The SMILES string of the molecule is Brc1ccc(-c2ccc(-c3cccc(-c4cc(-c5ccccc5)nc(-c5ccc6c(c5)oc5ccccc56)n4)c3)cc2)cc1. The first-order valence-electron chi connectivity index (χ1n) is 14.5. The summed E-state index contributed by atoms with van der Waals surface area (Å²) in [6.45, 7) is 0. The maximum absolute atomic E-state index is 6.19. The van der Waals surface area contributed by atoms with Crippen LogP contribution in [0, 0.1) is 0 Å². The van der Waals surface area contributed by atoms with Crippen molar-refractivity contribution in [3.05, 3.63) is 156 Å². The maximum atomic E-state index is 6.19. The number of fused-ring (bicyclic) bond motifs is 3. The van der Waals surface area contributed by atoms with Gasteiger partial charge in [-0.2, -0.15) is 0 Å². The molecule has 0 aliphatic heterocycles. The van der Waals surface area contributed by atoms with Crippen LogP contribution in [0.25, 0.3) is 78.1 Å². The number of halogens is 1. The van der Waals surface area contributed by atoms with Crippen LogP contribution in [0.3, 0.4) is 0 Å². The lowest BCUT2D eigenvalue weighted by Gasteiger charge is -2.11. The van der Waals surface area contributed by atoms with Crippen molar-refractivity contribution in [2.24, 2.45) is 0 Å². The summed E-state index contributed by atoms with van der Waals surface area (Å²) >= 11 is 3.52. The zero-order valence-electron chi connectivity index (χ0n) is 23.6. The van der Waals surface area contributed by atoms with Gasteiger partial charge in [0.1, 0.15) is 11.2 Å². The van der Waals surface area contributed by atoms with Gasteiger partial charge in [0.2, 0.25) is 0 Å². The average Bonchev–Trinajstić information content (AvgIpc) is 3.47. The molecule has 0 aliphatic carbocycles. The van der Waals surface area contributed by atoms with Crippen LogP contribution in [-0.4, -0.2) is 9.97 Å². The minimum atomic E-state index is 0.660. The van der Waals surface area contributed by atoms with E-state index in [0.717, 1.165) is 65.6 Å². The van der Waals surface area contributed by atoms with Crippen molar-refractivity contribution >= 4 is 37.9 Å². The summed E-state index contributed by atoms with van der Waals surface area (Å²) in [7, 11) is 0. The molecule has 0 atom stereocenters. The lowest BCUT2D eigenvalue weighted by atomic mass is 9.98. The van der Waals surface area contributed by atoms with Crippen LogP contribution < -0.4 is 0 Å². The summed E-state index contributed by atoms with van der Waals surface area (Å²) in [4.78, 5) is 10.1. The van der Waals surface area contributed by atoms with Crippen LogP contribution >= 0.6 is 15.9 Å². The van der Waals surface area contributed by atoms with Crippen LogP contribution in [0.4, 0.5) is 0 Å². The highest BCUT2D eigenvalue weighted by Crippen LogP contribution is 2.34. The molecule has 8 aromatic rings. The molecule has 0 amide bonds. The fraction of sp³-hybridized carbons (Fsp3) is 0. The molecular weight excluding hydrogens is 604 g/mol. The molecule has 0 saturated carbocycles. The molecule has 0 saturated heterocycles. The van der Waals surface area contributed by atoms with Gasteiger partial charge in [-0.25, -0.2) is 9.97 Å². The smallest absolute Gasteiger partial charge is 0.160 e. The molecule has 2 aromatic heterocycles. The van der Waals surface area contributed by atoms with Crippen LogP contribution in [0.5, 0.6) is 0 Å². The normalized spacial score (nSPS) is 11.3. The first-order chi connectivity index (χ1) is 21.7. The highest BCUT2D eigenvalue weighted by molar-refractivity contribution is 9.10. The summed E-state index contributed by atoms with van der Waals surface area (Å²) in [5.41, 5.74) is 11.1. The van der Waals surface area contributed by atoms with E-state index in [2.05, 4.69) is 125 Å². The molecule has 4 heteroatoms. The highest BCUT2D eigenvalue weighted by atomic mass is 79.9. The second-order valence-electron chi connectivity index (χ2n) is 10.8. The molecule has 0 aliphatic rings. The van der Waals surface area contributed by atoms with Gasteiger partial charge in [0, 0.05) is 31.9 Å². The molecule has 0 N–H and O–H groups in total. The Labute approximate surface area is 263 Å². The van der Waals surface area contributed by atoms with E-state index < -0.39 is 0 Å². The number of hydrogen-bond donors (Lipinski definition) is 0. The van der Waals surface area contributed by atoms with Gasteiger partial charge < -0.3 is 4.42 Å². The quantitative estimate of drug-likeness (QED) is 0.190. The minimum absolute atomic E-state index is 0.660. The monoisotopic (exact) mass is 628 g/mol. The molecule has 0 fully saturated rings. The van der Waals surface area contributed by atoms with Crippen LogP contribution in [0.15, 0.2) is 161 Å².